The molecule has 3 heterocycles. The van der Waals surface area contributed by atoms with Crippen molar-refractivity contribution in [3.8, 4) is 0 Å². The minimum absolute atomic E-state index is 0.0303. The Morgan fingerprint density at radius 3 is 2.88 bits per heavy atom. The molecule has 7 nitrogen and oxygen atoms in total. The SMILES string of the molecule is CCc1cc(C(=O)N2CCC3(CC(N(C)c4cc(C)ncn4)C3)C2)on1. The van der Waals surface area contributed by atoms with Crippen molar-refractivity contribution >= 4 is 11.7 Å². The highest BCUT2D eigenvalue weighted by Gasteiger charge is 2.51. The van der Waals surface area contributed by atoms with Crippen LogP contribution >= 0.6 is 0 Å². The Bertz CT molecular complexity index is 812. The second kappa shape index (κ2) is 6.37. The maximum absolute atomic E-state index is 12.6. The summed E-state index contributed by atoms with van der Waals surface area (Å²) in [6.45, 7) is 5.58. The summed E-state index contributed by atoms with van der Waals surface area (Å²) < 4.78 is 5.21. The lowest BCUT2D eigenvalue weighted by Gasteiger charge is -2.49. The molecule has 138 valence electrons. The molecule has 2 aliphatic rings. The van der Waals surface area contributed by atoms with Crippen LogP contribution in [-0.2, 0) is 6.42 Å². The predicted molar refractivity (Wildman–Crippen MR) is 97.0 cm³/mol. The third-order valence-corrected chi connectivity index (χ3v) is 5.89. The number of carbonyl (C=O) groups is 1. The fourth-order valence-corrected chi connectivity index (χ4v) is 4.21. The van der Waals surface area contributed by atoms with Crippen LogP contribution < -0.4 is 4.90 Å². The van der Waals surface area contributed by atoms with E-state index >= 15 is 0 Å². The highest BCUT2D eigenvalue weighted by atomic mass is 16.5. The molecule has 0 unspecified atom stereocenters. The van der Waals surface area contributed by atoms with Gasteiger partial charge < -0.3 is 14.3 Å². The second-order valence-electron chi connectivity index (χ2n) is 7.70. The lowest BCUT2D eigenvalue weighted by atomic mass is 9.64. The fourth-order valence-electron chi connectivity index (χ4n) is 4.21. The van der Waals surface area contributed by atoms with Crippen LogP contribution in [0.4, 0.5) is 5.82 Å². The molecule has 1 saturated carbocycles. The summed E-state index contributed by atoms with van der Waals surface area (Å²) >= 11 is 0. The molecule has 0 N–H and O–H groups in total. The zero-order chi connectivity index (χ0) is 18.3. The molecular formula is C19H25N5O2. The number of hydrogen-bond acceptors (Lipinski definition) is 6. The Hall–Kier alpha value is -2.44. The van der Waals surface area contributed by atoms with Gasteiger partial charge in [-0.15, -0.1) is 0 Å². The van der Waals surface area contributed by atoms with Crippen molar-refractivity contribution in [3.05, 3.63) is 35.6 Å². The van der Waals surface area contributed by atoms with E-state index in [1.54, 1.807) is 12.4 Å². The van der Waals surface area contributed by atoms with E-state index in [1.165, 1.54) is 0 Å². The van der Waals surface area contributed by atoms with Gasteiger partial charge in [0, 0.05) is 44.0 Å². The van der Waals surface area contributed by atoms with Crippen LogP contribution in [0.15, 0.2) is 23.0 Å². The number of amides is 1. The second-order valence-corrected chi connectivity index (χ2v) is 7.70. The third-order valence-electron chi connectivity index (χ3n) is 5.89. The van der Waals surface area contributed by atoms with Crippen molar-refractivity contribution in [1.29, 1.82) is 0 Å². The number of likely N-dealkylation sites (tertiary alicyclic amines) is 1. The lowest BCUT2D eigenvalue weighted by molar-refractivity contribution is 0.0662. The zero-order valence-corrected chi connectivity index (χ0v) is 15.6. The molecular weight excluding hydrogens is 330 g/mol. The maximum Gasteiger partial charge on any atom is 0.292 e. The van der Waals surface area contributed by atoms with Crippen molar-refractivity contribution in [1.82, 2.24) is 20.0 Å². The molecule has 4 rings (SSSR count). The molecule has 0 atom stereocenters. The van der Waals surface area contributed by atoms with E-state index < -0.39 is 0 Å². The minimum atomic E-state index is -0.0303. The smallest absolute Gasteiger partial charge is 0.292 e. The van der Waals surface area contributed by atoms with Crippen molar-refractivity contribution < 1.29 is 9.32 Å². The van der Waals surface area contributed by atoms with E-state index in [0.29, 0.717) is 11.8 Å². The van der Waals surface area contributed by atoms with Crippen LogP contribution in [0.5, 0.6) is 0 Å². The molecule has 2 fully saturated rings. The average Bonchev–Trinajstić information content (AvgIpc) is 3.26. The number of anilines is 1. The molecule has 1 aliphatic carbocycles. The van der Waals surface area contributed by atoms with E-state index in [0.717, 1.165) is 56.0 Å². The fraction of sp³-hybridized carbons (Fsp3) is 0.579. The number of aryl methyl sites for hydroxylation is 2. The van der Waals surface area contributed by atoms with Gasteiger partial charge in [0.2, 0.25) is 5.76 Å². The highest BCUT2D eigenvalue weighted by molar-refractivity contribution is 5.91. The van der Waals surface area contributed by atoms with E-state index in [4.69, 9.17) is 4.52 Å². The molecule has 1 saturated heterocycles. The first-order valence-corrected chi connectivity index (χ1v) is 9.26. The van der Waals surface area contributed by atoms with Gasteiger partial charge in [-0.25, -0.2) is 9.97 Å². The van der Waals surface area contributed by atoms with E-state index in [-0.39, 0.29) is 11.3 Å². The van der Waals surface area contributed by atoms with Crippen LogP contribution in [-0.4, -0.2) is 52.1 Å². The summed E-state index contributed by atoms with van der Waals surface area (Å²) in [5, 5.41) is 3.93. The minimum Gasteiger partial charge on any atom is -0.357 e. The van der Waals surface area contributed by atoms with Crippen LogP contribution in [0.2, 0.25) is 0 Å². The summed E-state index contributed by atoms with van der Waals surface area (Å²) in [5.41, 5.74) is 2.05. The Kier molecular flexibility index (Phi) is 4.17. The Labute approximate surface area is 153 Å². The predicted octanol–water partition coefficient (Wildman–Crippen LogP) is 2.47. The van der Waals surface area contributed by atoms with Gasteiger partial charge in [0.05, 0.1) is 5.69 Å². The van der Waals surface area contributed by atoms with Crippen LogP contribution in [0.3, 0.4) is 0 Å². The van der Waals surface area contributed by atoms with Gasteiger partial charge in [0.15, 0.2) is 0 Å². The number of carbonyl (C=O) groups excluding carboxylic acids is 1. The van der Waals surface area contributed by atoms with Gasteiger partial charge in [-0.1, -0.05) is 12.1 Å². The molecule has 26 heavy (non-hydrogen) atoms. The van der Waals surface area contributed by atoms with Crippen molar-refractivity contribution in [3.63, 3.8) is 0 Å². The lowest BCUT2D eigenvalue weighted by Crippen LogP contribution is -2.51. The normalized spacial score (nSPS) is 24.7. The number of hydrogen-bond donors (Lipinski definition) is 0. The quantitative estimate of drug-likeness (QED) is 0.839. The number of nitrogens with zero attached hydrogens (tertiary/aromatic N) is 5. The molecule has 2 aromatic heterocycles. The Morgan fingerprint density at radius 1 is 1.38 bits per heavy atom. The van der Waals surface area contributed by atoms with Gasteiger partial charge in [-0.3, -0.25) is 4.79 Å². The van der Waals surface area contributed by atoms with Gasteiger partial charge in [-0.2, -0.15) is 0 Å². The molecule has 1 aliphatic heterocycles. The summed E-state index contributed by atoms with van der Waals surface area (Å²) in [5.74, 6) is 1.30. The first kappa shape index (κ1) is 17.0. The van der Waals surface area contributed by atoms with E-state index in [9.17, 15) is 4.79 Å². The topological polar surface area (TPSA) is 75.4 Å². The number of rotatable bonds is 4. The Balaban J connectivity index is 1.37. The summed E-state index contributed by atoms with van der Waals surface area (Å²) in [4.78, 5) is 25.4. The number of aromatic nitrogens is 3. The zero-order valence-electron chi connectivity index (χ0n) is 15.6. The van der Waals surface area contributed by atoms with Gasteiger partial charge in [0.1, 0.15) is 12.1 Å². The molecule has 7 heteroatoms. The first-order chi connectivity index (χ1) is 12.5. The van der Waals surface area contributed by atoms with Crippen molar-refractivity contribution in [2.45, 2.75) is 45.6 Å². The van der Waals surface area contributed by atoms with E-state index in [2.05, 4.69) is 27.1 Å². The van der Waals surface area contributed by atoms with Crippen LogP contribution in [0.25, 0.3) is 0 Å². The van der Waals surface area contributed by atoms with Gasteiger partial charge in [-0.05, 0) is 38.0 Å². The maximum atomic E-state index is 12.6. The molecule has 1 spiro atoms. The molecule has 0 bridgehead atoms. The van der Waals surface area contributed by atoms with Crippen LogP contribution in [0.1, 0.15) is 48.1 Å². The molecule has 0 aromatic carbocycles. The molecule has 0 radical (unpaired) electrons. The molecule has 1 amide bonds. The van der Waals surface area contributed by atoms with Gasteiger partial charge in [0.25, 0.3) is 5.91 Å². The van der Waals surface area contributed by atoms with E-state index in [1.807, 2.05) is 24.8 Å². The molecule has 2 aromatic rings. The monoisotopic (exact) mass is 355 g/mol. The summed E-state index contributed by atoms with van der Waals surface area (Å²) in [6, 6.07) is 4.25. The van der Waals surface area contributed by atoms with Crippen LogP contribution in [0, 0.1) is 12.3 Å². The highest BCUT2D eigenvalue weighted by Crippen LogP contribution is 2.50. The summed E-state index contributed by atoms with van der Waals surface area (Å²) in [6.07, 6.45) is 5.63. The van der Waals surface area contributed by atoms with Gasteiger partial charge >= 0.3 is 0 Å². The first-order valence-electron chi connectivity index (χ1n) is 9.26. The third kappa shape index (κ3) is 2.95. The standard InChI is InChI=1S/C19H25N5O2/c1-4-14-8-16(26-22-14)18(25)24-6-5-19(11-24)9-15(10-19)23(3)17-7-13(2)20-12-21-17/h7-8,12,15H,4-6,9-11H2,1-3H3. The Morgan fingerprint density at radius 2 is 2.19 bits per heavy atom. The largest absolute Gasteiger partial charge is 0.357 e. The van der Waals surface area contributed by atoms with Crippen molar-refractivity contribution in [2.75, 3.05) is 25.0 Å². The summed E-state index contributed by atoms with van der Waals surface area (Å²) in [7, 11) is 2.10. The average molecular weight is 355 g/mol. The van der Waals surface area contributed by atoms with Crippen molar-refractivity contribution in [2.24, 2.45) is 5.41 Å².